The summed E-state index contributed by atoms with van der Waals surface area (Å²) in [6.45, 7) is -0.338. The summed E-state index contributed by atoms with van der Waals surface area (Å²) in [5.41, 5.74) is 0.926. The molecule has 0 aliphatic rings. The van der Waals surface area contributed by atoms with Gasteiger partial charge in [0.2, 0.25) is 15.9 Å². The molecule has 0 aliphatic carbocycles. The van der Waals surface area contributed by atoms with E-state index >= 15 is 0 Å². The average Bonchev–Trinajstić information content (AvgIpc) is 2.59. The number of ether oxygens (including phenoxy) is 1. The van der Waals surface area contributed by atoms with Gasteiger partial charge in [0.05, 0.1) is 19.9 Å². The molecule has 1 amide bonds. The van der Waals surface area contributed by atoms with E-state index in [0.29, 0.717) is 17.0 Å². The van der Waals surface area contributed by atoms with Gasteiger partial charge in [-0.2, -0.15) is 4.31 Å². The van der Waals surface area contributed by atoms with Gasteiger partial charge in [-0.1, -0.05) is 18.2 Å². The van der Waals surface area contributed by atoms with Gasteiger partial charge in [-0.3, -0.25) is 4.79 Å². The Hall–Kier alpha value is -2.45. The minimum atomic E-state index is -3.62. The van der Waals surface area contributed by atoms with Crippen molar-refractivity contribution in [1.29, 1.82) is 0 Å². The molecule has 6 nitrogen and oxygen atoms in total. The van der Waals surface area contributed by atoms with Crippen LogP contribution in [0.3, 0.4) is 0 Å². The summed E-state index contributed by atoms with van der Waals surface area (Å²) in [6.07, 6.45) is 1.20. The van der Waals surface area contributed by atoms with Crippen LogP contribution in [0.15, 0.2) is 48.5 Å². The SMILES string of the molecule is COc1ccc(NC(=O)CN(CCc2ccccc2F)S(C)(=O)=O)cc1. The third-order valence-electron chi connectivity index (χ3n) is 3.75. The zero-order valence-electron chi connectivity index (χ0n) is 14.6. The highest BCUT2D eigenvalue weighted by molar-refractivity contribution is 7.88. The summed E-state index contributed by atoms with van der Waals surface area (Å²) in [5, 5.41) is 2.63. The summed E-state index contributed by atoms with van der Waals surface area (Å²) < 4.78 is 43.6. The van der Waals surface area contributed by atoms with E-state index in [4.69, 9.17) is 4.74 Å². The van der Waals surface area contributed by atoms with E-state index in [2.05, 4.69) is 5.32 Å². The maximum atomic E-state index is 13.7. The van der Waals surface area contributed by atoms with Crippen LogP contribution in [0, 0.1) is 5.82 Å². The lowest BCUT2D eigenvalue weighted by Gasteiger charge is -2.19. The van der Waals surface area contributed by atoms with Crippen molar-refractivity contribution in [3.05, 3.63) is 59.9 Å². The molecule has 0 bridgehead atoms. The van der Waals surface area contributed by atoms with Gasteiger partial charge >= 0.3 is 0 Å². The number of amides is 1. The number of rotatable bonds is 8. The highest BCUT2D eigenvalue weighted by atomic mass is 32.2. The lowest BCUT2D eigenvalue weighted by atomic mass is 10.1. The zero-order valence-corrected chi connectivity index (χ0v) is 15.4. The number of hydrogen-bond donors (Lipinski definition) is 1. The second kappa shape index (κ2) is 8.77. The minimum Gasteiger partial charge on any atom is -0.497 e. The molecule has 1 N–H and O–H groups in total. The Balaban J connectivity index is 2.00. The number of anilines is 1. The zero-order chi connectivity index (χ0) is 19.2. The molecule has 0 saturated carbocycles. The Labute approximate surface area is 152 Å². The van der Waals surface area contributed by atoms with E-state index in [1.165, 1.54) is 13.2 Å². The fourth-order valence-corrected chi connectivity index (χ4v) is 3.12. The molecule has 2 rings (SSSR count). The molecule has 0 fully saturated rings. The lowest BCUT2D eigenvalue weighted by molar-refractivity contribution is -0.116. The summed E-state index contributed by atoms with van der Waals surface area (Å²) in [4.78, 5) is 12.2. The van der Waals surface area contributed by atoms with E-state index in [0.717, 1.165) is 10.6 Å². The number of hydrogen-bond acceptors (Lipinski definition) is 4. The standard InChI is InChI=1S/C18H21FN2O4S/c1-25-16-9-7-15(8-10-16)20-18(22)13-21(26(2,23)24)12-11-14-5-3-4-6-17(14)19/h3-10H,11-13H2,1-2H3,(H,20,22). The molecule has 2 aromatic rings. The van der Waals surface area contributed by atoms with Crippen molar-refractivity contribution in [3.63, 3.8) is 0 Å². The number of nitrogens with one attached hydrogen (secondary N) is 1. The molecule has 0 radical (unpaired) electrons. The van der Waals surface area contributed by atoms with Crippen LogP contribution in [0.5, 0.6) is 5.75 Å². The fourth-order valence-electron chi connectivity index (χ4n) is 2.34. The van der Waals surface area contributed by atoms with Crippen molar-refractivity contribution in [3.8, 4) is 5.75 Å². The van der Waals surface area contributed by atoms with Crippen molar-refractivity contribution in [2.24, 2.45) is 0 Å². The highest BCUT2D eigenvalue weighted by Crippen LogP contribution is 2.15. The Bertz CT molecular complexity index is 854. The van der Waals surface area contributed by atoms with Crippen LogP contribution in [0.4, 0.5) is 10.1 Å². The number of nitrogens with zero attached hydrogens (tertiary/aromatic N) is 1. The molecule has 0 aliphatic heterocycles. The third kappa shape index (κ3) is 5.82. The van der Waals surface area contributed by atoms with Crippen LogP contribution >= 0.6 is 0 Å². The summed E-state index contributed by atoms with van der Waals surface area (Å²) >= 11 is 0. The van der Waals surface area contributed by atoms with Gasteiger partial charge in [0.15, 0.2) is 0 Å². The van der Waals surface area contributed by atoms with Gasteiger partial charge in [0.25, 0.3) is 0 Å². The van der Waals surface area contributed by atoms with Gasteiger partial charge in [0.1, 0.15) is 11.6 Å². The number of methoxy groups -OCH3 is 1. The van der Waals surface area contributed by atoms with Crippen molar-refractivity contribution >= 4 is 21.6 Å². The maximum absolute atomic E-state index is 13.7. The summed E-state index contributed by atoms with van der Waals surface area (Å²) in [5.74, 6) is -0.233. The van der Waals surface area contributed by atoms with Crippen LogP contribution in [0.1, 0.15) is 5.56 Å². The number of halogens is 1. The Morgan fingerprint density at radius 3 is 2.38 bits per heavy atom. The quantitative estimate of drug-likeness (QED) is 0.762. The first-order valence-electron chi connectivity index (χ1n) is 7.92. The van der Waals surface area contributed by atoms with Crippen molar-refractivity contribution < 1.29 is 22.3 Å². The number of carbonyl (C=O) groups is 1. The predicted molar refractivity (Wildman–Crippen MR) is 98.1 cm³/mol. The predicted octanol–water partition coefficient (Wildman–Crippen LogP) is 2.28. The minimum absolute atomic E-state index is 0.00972. The third-order valence-corrected chi connectivity index (χ3v) is 5.00. The molecule has 140 valence electrons. The first-order chi connectivity index (χ1) is 12.3. The van der Waals surface area contributed by atoms with Gasteiger partial charge in [-0.25, -0.2) is 12.8 Å². The lowest BCUT2D eigenvalue weighted by Crippen LogP contribution is -2.38. The molecule has 0 saturated heterocycles. The van der Waals surface area contributed by atoms with Gasteiger partial charge < -0.3 is 10.1 Å². The summed E-state index contributed by atoms with van der Waals surface area (Å²) in [6, 6.07) is 12.8. The van der Waals surface area contributed by atoms with E-state index in [1.807, 2.05) is 0 Å². The Morgan fingerprint density at radius 1 is 1.15 bits per heavy atom. The molecular weight excluding hydrogens is 359 g/mol. The van der Waals surface area contributed by atoms with Crippen molar-refractivity contribution in [2.75, 3.05) is 31.8 Å². The molecule has 0 atom stereocenters. The largest absolute Gasteiger partial charge is 0.497 e. The first kappa shape index (κ1) is 19.9. The second-order valence-electron chi connectivity index (χ2n) is 5.71. The van der Waals surface area contributed by atoms with Crippen LogP contribution < -0.4 is 10.1 Å². The first-order valence-corrected chi connectivity index (χ1v) is 9.77. The number of benzene rings is 2. The van der Waals surface area contributed by atoms with Crippen LogP contribution in [0.25, 0.3) is 0 Å². The molecule has 0 heterocycles. The van der Waals surface area contributed by atoms with Crippen LogP contribution in [0.2, 0.25) is 0 Å². The fraction of sp³-hybridized carbons (Fsp3) is 0.278. The Kier molecular flexibility index (Phi) is 6.70. The van der Waals surface area contributed by atoms with Gasteiger partial charge in [0, 0.05) is 12.2 Å². The van der Waals surface area contributed by atoms with E-state index in [9.17, 15) is 17.6 Å². The molecule has 26 heavy (non-hydrogen) atoms. The highest BCUT2D eigenvalue weighted by Gasteiger charge is 2.20. The van der Waals surface area contributed by atoms with E-state index in [-0.39, 0.29) is 19.5 Å². The van der Waals surface area contributed by atoms with Gasteiger partial charge in [-0.15, -0.1) is 0 Å². The van der Waals surface area contributed by atoms with E-state index < -0.39 is 21.7 Å². The average molecular weight is 380 g/mol. The molecule has 0 spiro atoms. The Morgan fingerprint density at radius 2 is 1.81 bits per heavy atom. The van der Waals surface area contributed by atoms with Gasteiger partial charge in [-0.05, 0) is 42.3 Å². The normalized spacial score (nSPS) is 11.4. The maximum Gasteiger partial charge on any atom is 0.239 e. The molecular formula is C18H21FN2O4S. The molecule has 2 aromatic carbocycles. The summed E-state index contributed by atoms with van der Waals surface area (Å²) in [7, 11) is -2.08. The van der Waals surface area contributed by atoms with Crippen molar-refractivity contribution in [2.45, 2.75) is 6.42 Å². The number of sulfonamides is 1. The van der Waals surface area contributed by atoms with E-state index in [1.54, 1.807) is 42.5 Å². The molecule has 0 unspecified atom stereocenters. The monoisotopic (exact) mass is 380 g/mol. The van der Waals surface area contributed by atoms with Crippen LogP contribution in [-0.2, 0) is 21.2 Å². The molecule has 0 aromatic heterocycles. The van der Waals surface area contributed by atoms with Crippen LogP contribution in [-0.4, -0.2) is 45.1 Å². The number of carbonyl (C=O) groups excluding carboxylic acids is 1. The topological polar surface area (TPSA) is 75.7 Å². The second-order valence-corrected chi connectivity index (χ2v) is 7.70. The molecule has 8 heteroatoms. The van der Waals surface area contributed by atoms with Crippen molar-refractivity contribution in [1.82, 2.24) is 4.31 Å². The smallest absolute Gasteiger partial charge is 0.239 e.